The Labute approximate surface area is 158 Å². The molecular formula is C18H22ClN5O2. The largest absolute Gasteiger partial charge is 0.368 e. The third-order valence-corrected chi connectivity index (χ3v) is 3.94. The second-order valence-electron chi connectivity index (χ2n) is 5.74. The number of pyridine rings is 1. The van der Waals surface area contributed by atoms with E-state index < -0.39 is 0 Å². The second-order valence-corrected chi connectivity index (χ2v) is 5.74. The number of aromatic nitrogens is 1. The van der Waals surface area contributed by atoms with E-state index in [0.717, 1.165) is 31.9 Å². The van der Waals surface area contributed by atoms with Crippen molar-refractivity contribution in [2.24, 2.45) is 0 Å². The lowest BCUT2D eigenvalue weighted by Crippen LogP contribution is -2.43. The number of nitrogens with zero attached hydrogens (tertiary/aromatic N) is 2. The van der Waals surface area contributed by atoms with Crippen molar-refractivity contribution in [3.63, 3.8) is 0 Å². The Morgan fingerprint density at radius 2 is 1.81 bits per heavy atom. The summed E-state index contributed by atoms with van der Waals surface area (Å²) < 4.78 is 0. The van der Waals surface area contributed by atoms with E-state index in [9.17, 15) is 9.59 Å². The maximum atomic E-state index is 12.0. The van der Waals surface area contributed by atoms with Gasteiger partial charge in [0.2, 0.25) is 5.91 Å². The summed E-state index contributed by atoms with van der Waals surface area (Å²) in [6.07, 6.45) is 1.75. The van der Waals surface area contributed by atoms with Gasteiger partial charge in [0.05, 0.1) is 18.4 Å². The normalized spacial score (nSPS) is 13.5. The zero-order valence-corrected chi connectivity index (χ0v) is 15.1. The lowest BCUT2D eigenvalue weighted by atomic mass is 10.2. The second kappa shape index (κ2) is 9.74. The Morgan fingerprint density at radius 3 is 2.46 bits per heavy atom. The van der Waals surface area contributed by atoms with Gasteiger partial charge in [-0.15, -0.1) is 12.4 Å². The van der Waals surface area contributed by atoms with Crippen LogP contribution in [0.4, 0.5) is 11.5 Å². The maximum Gasteiger partial charge on any atom is 0.251 e. The van der Waals surface area contributed by atoms with Crippen LogP contribution in [-0.4, -0.2) is 49.5 Å². The molecule has 0 atom stereocenters. The first kappa shape index (κ1) is 19.7. The molecule has 2 aromatic rings. The number of anilines is 2. The molecule has 1 saturated heterocycles. The van der Waals surface area contributed by atoms with E-state index in [1.807, 2.05) is 12.1 Å². The van der Waals surface area contributed by atoms with Crippen LogP contribution in [-0.2, 0) is 4.79 Å². The summed E-state index contributed by atoms with van der Waals surface area (Å²) in [5.74, 6) is -0.123. The lowest BCUT2D eigenvalue weighted by molar-refractivity contribution is -0.115. The molecule has 1 aromatic heterocycles. The molecule has 1 aromatic carbocycles. The van der Waals surface area contributed by atoms with Gasteiger partial charge in [-0.25, -0.2) is 4.98 Å². The number of rotatable bonds is 5. The molecule has 0 saturated carbocycles. The molecule has 0 aliphatic carbocycles. The highest BCUT2D eigenvalue weighted by molar-refractivity contribution is 5.99. The number of carbonyl (C=O) groups is 2. The summed E-state index contributed by atoms with van der Waals surface area (Å²) in [6.45, 7) is 3.70. The zero-order valence-electron chi connectivity index (χ0n) is 14.3. The Balaban J connectivity index is 0.00000243. The summed E-state index contributed by atoms with van der Waals surface area (Å²) in [5.41, 5.74) is 1.56. The minimum Gasteiger partial charge on any atom is -0.368 e. The van der Waals surface area contributed by atoms with Crippen LogP contribution in [0.1, 0.15) is 10.4 Å². The summed E-state index contributed by atoms with van der Waals surface area (Å²) in [5, 5.41) is 8.57. The SMILES string of the molecule is Cl.O=C(CNC(=O)c1ccccc1)Nc1ccc(N2CCNCC2)cn1. The van der Waals surface area contributed by atoms with Gasteiger partial charge in [-0.1, -0.05) is 18.2 Å². The monoisotopic (exact) mass is 375 g/mol. The number of carbonyl (C=O) groups excluding carboxylic acids is 2. The van der Waals surface area contributed by atoms with E-state index in [1.165, 1.54) is 0 Å². The number of benzene rings is 1. The van der Waals surface area contributed by atoms with E-state index in [1.54, 1.807) is 36.5 Å². The average molecular weight is 376 g/mol. The van der Waals surface area contributed by atoms with Crippen molar-refractivity contribution >= 4 is 35.7 Å². The fraction of sp³-hybridized carbons (Fsp3) is 0.278. The van der Waals surface area contributed by atoms with Crippen LogP contribution >= 0.6 is 12.4 Å². The highest BCUT2D eigenvalue weighted by Gasteiger charge is 2.11. The van der Waals surface area contributed by atoms with Gasteiger partial charge in [-0.3, -0.25) is 9.59 Å². The van der Waals surface area contributed by atoms with Gasteiger partial charge < -0.3 is 20.9 Å². The molecule has 0 bridgehead atoms. The Morgan fingerprint density at radius 1 is 1.08 bits per heavy atom. The first-order valence-electron chi connectivity index (χ1n) is 8.27. The van der Waals surface area contributed by atoms with Crippen LogP contribution in [0.5, 0.6) is 0 Å². The van der Waals surface area contributed by atoms with Crippen LogP contribution < -0.4 is 20.9 Å². The van der Waals surface area contributed by atoms with Crippen molar-refractivity contribution in [3.8, 4) is 0 Å². The smallest absolute Gasteiger partial charge is 0.251 e. The van der Waals surface area contributed by atoms with Crippen LogP contribution in [0.25, 0.3) is 0 Å². The third kappa shape index (κ3) is 5.44. The Bertz CT molecular complexity index is 718. The number of piperazine rings is 1. The minimum absolute atomic E-state index is 0. The maximum absolute atomic E-state index is 12.0. The summed E-state index contributed by atoms with van der Waals surface area (Å²) in [7, 11) is 0. The molecule has 7 nitrogen and oxygen atoms in total. The molecule has 3 rings (SSSR count). The molecule has 2 heterocycles. The number of amides is 2. The van der Waals surface area contributed by atoms with E-state index in [0.29, 0.717) is 11.4 Å². The summed E-state index contributed by atoms with van der Waals surface area (Å²) in [6, 6.07) is 12.5. The van der Waals surface area contributed by atoms with E-state index >= 15 is 0 Å². The lowest BCUT2D eigenvalue weighted by Gasteiger charge is -2.29. The number of hydrogen-bond acceptors (Lipinski definition) is 5. The molecule has 138 valence electrons. The number of halogens is 1. The van der Waals surface area contributed by atoms with Crippen molar-refractivity contribution in [1.82, 2.24) is 15.6 Å². The van der Waals surface area contributed by atoms with Crippen LogP contribution in [0.2, 0.25) is 0 Å². The highest BCUT2D eigenvalue weighted by Crippen LogP contribution is 2.15. The van der Waals surface area contributed by atoms with Gasteiger partial charge in [0, 0.05) is 31.7 Å². The first-order valence-corrected chi connectivity index (χ1v) is 8.27. The van der Waals surface area contributed by atoms with Crippen molar-refractivity contribution in [1.29, 1.82) is 0 Å². The molecule has 0 radical (unpaired) electrons. The van der Waals surface area contributed by atoms with E-state index in [-0.39, 0.29) is 30.8 Å². The van der Waals surface area contributed by atoms with Gasteiger partial charge in [-0.05, 0) is 24.3 Å². The topological polar surface area (TPSA) is 86.4 Å². The minimum atomic E-state index is -0.313. The first-order chi connectivity index (χ1) is 12.2. The van der Waals surface area contributed by atoms with Crippen molar-refractivity contribution in [2.75, 3.05) is 42.9 Å². The summed E-state index contributed by atoms with van der Waals surface area (Å²) in [4.78, 5) is 30.4. The van der Waals surface area contributed by atoms with Crippen LogP contribution in [0.3, 0.4) is 0 Å². The fourth-order valence-corrected chi connectivity index (χ4v) is 2.61. The van der Waals surface area contributed by atoms with Crippen molar-refractivity contribution in [3.05, 3.63) is 54.2 Å². The molecule has 0 unspecified atom stereocenters. The molecule has 2 amide bonds. The van der Waals surface area contributed by atoms with Crippen molar-refractivity contribution in [2.45, 2.75) is 0 Å². The van der Waals surface area contributed by atoms with Crippen molar-refractivity contribution < 1.29 is 9.59 Å². The van der Waals surface area contributed by atoms with Gasteiger partial charge in [0.1, 0.15) is 5.82 Å². The molecule has 0 spiro atoms. The predicted molar refractivity (Wildman–Crippen MR) is 104 cm³/mol. The van der Waals surface area contributed by atoms with E-state index in [4.69, 9.17) is 0 Å². The number of hydrogen-bond donors (Lipinski definition) is 3. The molecule has 8 heteroatoms. The highest BCUT2D eigenvalue weighted by atomic mass is 35.5. The average Bonchev–Trinajstić information content (AvgIpc) is 2.68. The predicted octanol–water partition coefficient (Wildman–Crippen LogP) is 1.28. The molecule has 26 heavy (non-hydrogen) atoms. The zero-order chi connectivity index (χ0) is 17.5. The van der Waals surface area contributed by atoms with Crippen LogP contribution in [0, 0.1) is 0 Å². The number of nitrogens with one attached hydrogen (secondary N) is 3. The molecule has 1 aliphatic heterocycles. The molecule has 3 N–H and O–H groups in total. The van der Waals surface area contributed by atoms with Gasteiger partial charge in [-0.2, -0.15) is 0 Å². The van der Waals surface area contributed by atoms with Gasteiger partial charge in [0.15, 0.2) is 0 Å². The van der Waals surface area contributed by atoms with Crippen LogP contribution in [0.15, 0.2) is 48.7 Å². The standard InChI is InChI=1S/C18H21N5O2.ClH/c24-17(13-21-18(25)14-4-2-1-3-5-14)22-16-7-6-15(12-20-16)23-10-8-19-9-11-23;/h1-7,12,19H,8-11,13H2,(H,21,25)(H,20,22,24);1H. The summed E-state index contributed by atoms with van der Waals surface area (Å²) >= 11 is 0. The Hall–Kier alpha value is -2.64. The molecule has 1 fully saturated rings. The van der Waals surface area contributed by atoms with Gasteiger partial charge in [0.25, 0.3) is 5.91 Å². The molecular weight excluding hydrogens is 354 g/mol. The third-order valence-electron chi connectivity index (χ3n) is 3.94. The van der Waals surface area contributed by atoms with Gasteiger partial charge >= 0.3 is 0 Å². The molecule has 1 aliphatic rings. The van der Waals surface area contributed by atoms with E-state index in [2.05, 4.69) is 25.8 Å². The fourth-order valence-electron chi connectivity index (χ4n) is 2.61. The quantitative estimate of drug-likeness (QED) is 0.733. The Kier molecular flexibility index (Phi) is 7.37.